The highest BCUT2D eigenvalue weighted by Crippen LogP contribution is 2.53. The summed E-state index contributed by atoms with van der Waals surface area (Å²) in [6.45, 7) is 11.0. The number of rotatable bonds is 3. The number of furan rings is 1. The van der Waals surface area contributed by atoms with Crippen LogP contribution >= 0.6 is 0 Å². The highest BCUT2D eigenvalue weighted by atomic mass is 16.3. The van der Waals surface area contributed by atoms with Crippen molar-refractivity contribution in [3.63, 3.8) is 0 Å². The number of fused-ring (bicyclic) bond motifs is 1. The maximum absolute atomic E-state index is 11.1. The van der Waals surface area contributed by atoms with Crippen LogP contribution in [0.15, 0.2) is 22.6 Å². The van der Waals surface area contributed by atoms with E-state index in [2.05, 4.69) is 52.8 Å². The largest absolute Gasteiger partial charge is 0.461 e. The van der Waals surface area contributed by atoms with Gasteiger partial charge in [0.05, 0.1) is 0 Å². The van der Waals surface area contributed by atoms with Crippen LogP contribution in [0.3, 0.4) is 0 Å². The smallest absolute Gasteiger partial charge is 0.134 e. The molecule has 0 N–H and O–H groups in total. The molecule has 3 rings (SSSR count). The summed E-state index contributed by atoms with van der Waals surface area (Å²) in [5.74, 6) is 1.26. The molecule has 0 unspecified atom stereocenters. The van der Waals surface area contributed by atoms with E-state index < -0.39 is 0 Å². The van der Waals surface area contributed by atoms with Gasteiger partial charge in [0.25, 0.3) is 0 Å². The predicted molar refractivity (Wildman–Crippen MR) is 85.8 cm³/mol. The van der Waals surface area contributed by atoms with Crippen molar-refractivity contribution in [2.45, 2.75) is 58.3 Å². The van der Waals surface area contributed by atoms with Gasteiger partial charge >= 0.3 is 0 Å². The number of aldehydes is 1. The summed E-state index contributed by atoms with van der Waals surface area (Å²) in [5.41, 5.74) is 3.63. The molecule has 1 aromatic carbocycles. The highest BCUT2D eigenvalue weighted by Gasteiger charge is 2.51. The SMILES string of the molecule is CCc1oc2ccc([C@@]3(C)C[C@H]3C=O)cc2c1C(C)(C)C. The first-order valence-electron chi connectivity index (χ1n) is 7.83. The molecule has 1 heterocycles. The molecule has 1 fully saturated rings. The molecule has 0 radical (unpaired) electrons. The van der Waals surface area contributed by atoms with E-state index >= 15 is 0 Å². The van der Waals surface area contributed by atoms with E-state index in [9.17, 15) is 4.79 Å². The molecular weight excluding hydrogens is 260 g/mol. The van der Waals surface area contributed by atoms with Crippen LogP contribution in [-0.4, -0.2) is 6.29 Å². The molecule has 0 saturated heterocycles. The molecule has 0 aliphatic heterocycles. The Bertz CT molecular complexity index is 702. The number of hydrogen-bond donors (Lipinski definition) is 0. The van der Waals surface area contributed by atoms with Gasteiger partial charge in [0, 0.05) is 28.7 Å². The minimum absolute atomic E-state index is 0.0226. The Morgan fingerprint density at radius 2 is 2.10 bits per heavy atom. The molecule has 0 bridgehead atoms. The molecule has 0 amide bonds. The number of carbonyl (C=O) groups excluding carboxylic acids is 1. The van der Waals surface area contributed by atoms with Gasteiger partial charge in [-0.2, -0.15) is 0 Å². The van der Waals surface area contributed by atoms with E-state index in [0.717, 1.165) is 30.5 Å². The van der Waals surface area contributed by atoms with E-state index in [0.29, 0.717) is 0 Å². The first-order chi connectivity index (χ1) is 9.81. The number of benzene rings is 1. The van der Waals surface area contributed by atoms with Gasteiger partial charge in [0.1, 0.15) is 17.6 Å². The van der Waals surface area contributed by atoms with Crippen LogP contribution in [0, 0.1) is 5.92 Å². The van der Waals surface area contributed by atoms with Gasteiger partial charge in [0.15, 0.2) is 0 Å². The van der Waals surface area contributed by atoms with Crippen LogP contribution in [0.2, 0.25) is 0 Å². The Hall–Kier alpha value is -1.57. The molecule has 1 aliphatic carbocycles. The fourth-order valence-corrected chi connectivity index (χ4v) is 3.50. The molecule has 1 saturated carbocycles. The normalized spacial score (nSPS) is 25.3. The lowest BCUT2D eigenvalue weighted by molar-refractivity contribution is -0.109. The van der Waals surface area contributed by atoms with Gasteiger partial charge in [-0.25, -0.2) is 0 Å². The summed E-state index contributed by atoms with van der Waals surface area (Å²) < 4.78 is 6.05. The van der Waals surface area contributed by atoms with Crippen molar-refractivity contribution in [3.05, 3.63) is 35.1 Å². The first kappa shape index (κ1) is 14.4. The van der Waals surface area contributed by atoms with Crippen molar-refractivity contribution in [3.8, 4) is 0 Å². The maximum Gasteiger partial charge on any atom is 0.134 e. The highest BCUT2D eigenvalue weighted by molar-refractivity contribution is 5.85. The molecule has 2 nitrogen and oxygen atoms in total. The average Bonchev–Trinajstić information content (AvgIpc) is 2.95. The van der Waals surface area contributed by atoms with Gasteiger partial charge < -0.3 is 9.21 Å². The maximum atomic E-state index is 11.1. The number of hydrogen-bond acceptors (Lipinski definition) is 2. The van der Waals surface area contributed by atoms with Crippen molar-refractivity contribution < 1.29 is 9.21 Å². The monoisotopic (exact) mass is 284 g/mol. The molecule has 21 heavy (non-hydrogen) atoms. The molecular formula is C19H24O2. The molecule has 2 atom stereocenters. The summed E-state index contributed by atoms with van der Waals surface area (Å²) in [5, 5.41) is 1.22. The van der Waals surface area contributed by atoms with Gasteiger partial charge in [-0.15, -0.1) is 0 Å². The summed E-state index contributed by atoms with van der Waals surface area (Å²) in [7, 11) is 0. The molecule has 2 aromatic rings. The lowest BCUT2D eigenvalue weighted by Crippen LogP contribution is -2.13. The van der Waals surface area contributed by atoms with Gasteiger partial charge in [-0.05, 0) is 29.5 Å². The van der Waals surface area contributed by atoms with Gasteiger partial charge in [-0.3, -0.25) is 0 Å². The van der Waals surface area contributed by atoms with Crippen molar-refractivity contribution in [1.82, 2.24) is 0 Å². The fourth-order valence-electron chi connectivity index (χ4n) is 3.50. The second kappa shape index (κ2) is 4.46. The Morgan fingerprint density at radius 3 is 2.62 bits per heavy atom. The molecule has 1 aromatic heterocycles. The summed E-state index contributed by atoms with van der Waals surface area (Å²) in [6.07, 6.45) is 2.97. The van der Waals surface area contributed by atoms with Crippen LogP contribution in [0.25, 0.3) is 11.0 Å². The average molecular weight is 284 g/mol. The van der Waals surface area contributed by atoms with E-state index in [1.54, 1.807) is 0 Å². The van der Waals surface area contributed by atoms with E-state index in [4.69, 9.17) is 4.42 Å². The zero-order valence-electron chi connectivity index (χ0n) is 13.6. The van der Waals surface area contributed by atoms with Crippen molar-refractivity contribution >= 4 is 17.3 Å². The summed E-state index contributed by atoms with van der Waals surface area (Å²) in [4.78, 5) is 11.1. The van der Waals surface area contributed by atoms with E-state index in [1.165, 1.54) is 16.5 Å². The van der Waals surface area contributed by atoms with Crippen molar-refractivity contribution in [2.24, 2.45) is 5.92 Å². The summed E-state index contributed by atoms with van der Waals surface area (Å²) >= 11 is 0. The Morgan fingerprint density at radius 1 is 1.38 bits per heavy atom. The quantitative estimate of drug-likeness (QED) is 0.760. The zero-order valence-corrected chi connectivity index (χ0v) is 13.6. The molecule has 0 spiro atoms. The number of carbonyl (C=O) groups is 1. The fraction of sp³-hybridized carbons (Fsp3) is 0.526. The van der Waals surface area contributed by atoms with Crippen LogP contribution in [0.1, 0.15) is 57.9 Å². The molecule has 112 valence electrons. The Kier molecular flexibility index (Phi) is 3.05. The van der Waals surface area contributed by atoms with Gasteiger partial charge in [-0.1, -0.05) is 40.7 Å². The van der Waals surface area contributed by atoms with Crippen molar-refractivity contribution in [1.29, 1.82) is 0 Å². The summed E-state index contributed by atoms with van der Waals surface area (Å²) in [6, 6.07) is 6.45. The van der Waals surface area contributed by atoms with Gasteiger partial charge in [0.2, 0.25) is 0 Å². The third-order valence-electron chi connectivity index (χ3n) is 4.96. The number of aryl methyl sites for hydroxylation is 1. The van der Waals surface area contributed by atoms with E-state index in [-0.39, 0.29) is 16.7 Å². The third-order valence-corrected chi connectivity index (χ3v) is 4.96. The predicted octanol–water partition coefficient (Wildman–Crippen LogP) is 4.77. The standard InChI is InChI=1S/C19H24O2/c1-6-15-17(18(2,3)4)14-9-12(7-8-16(14)21-15)19(5)10-13(19)11-20/h7-9,11,13H,6,10H2,1-5H3/t13-,19+/m0/s1. The second-order valence-corrected chi connectivity index (χ2v) is 7.58. The topological polar surface area (TPSA) is 30.2 Å². The van der Waals surface area contributed by atoms with Crippen LogP contribution in [-0.2, 0) is 22.0 Å². The second-order valence-electron chi connectivity index (χ2n) is 7.58. The minimum Gasteiger partial charge on any atom is -0.461 e. The molecule has 1 aliphatic rings. The molecule has 2 heteroatoms. The van der Waals surface area contributed by atoms with Crippen LogP contribution in [0.4, 0.5) is 0 Å². The van der Waals surface area contributed by atoms with Crippen molar-refractivity contribution in [2.75, 3.05) is 0 Å². The zero-order chi connectivity index (χ0) is 15.4. The van der Waals surface area contributed by atoms with E-state index in [1.807, 2.05) is 0 Å². The lowest BCUT2D eigenvalue weighted by atomic mass is 9.83. The Balaban J connectivity index is 2.19. The Labute approximate surface area is 126 Å². The minimum atomic E-state index is 0.0226. The van der Waals surface area contributed by atoms with Crippen LogP contribution < -0.4 is 0 Å². The lowest BCUT2D eigenvalue weighted by Gasteiger charge is -2.19. The van der Waals surface area contributed by atoms with Crippen LogP contribution in [0.5, 0.6) is 0 Å². The third kappa shape index (κ3) is 2.12. The first-order valence-corrected chi connectivity index (χ1v) is 7.83.